The second kappa shape index (κ2) is 10.4. The van der Waals surface area contributed by atoms with Gasteiger partial charge in [-0.25, -0.2) is 4.57 Å². The molecule has 1 fully saturated rings. The van der Waals surface area contributed by atoms with Crippen molar-refractivity contribution < 1.29 is 18.9 Å². The lowest BCUT2D eigenvalue weighted by Gasteiger charge is -2.26. The first-order valence-corrected chi connectivity index (χ1v) is 14.2. The van der Waals surface area contributed by atoms with Gasteiger partial charge >= 0.3 is 7.82 Å². The van der Waals surface area contributed by atoms with Crippen LogP contribution in [0.15, 0.2) is 48.5 Å². The van der Waals surface area contributed by atoms with Crippen LogP contribution in [0.1, 0.15) is 53.9 Å². The van der Waals surface area contributed by atoms with Gasteiger partial charge in [0.15, 0.2) is 0 Å². The highest BCUT2D eigenvalue weighted by molar-refractivity contribution is 7.99. The average molecular weight is 476 g/mol. The standard InChI is InChI=1S/C25H34NO4PS/c26-25(18-30-31(27,28)29)12-10-24(16-25)23-9-8-21-14-20(6-7-22(21)15-23)17-32-13-11-19-4-2-1-3-5-19/h1-5,8-9,15,20,24H,6-7,10-14,16-18,26H2,(H2,27,28,29)/t20-,24-,25+/m0/s1. The molecule has 0 bridgehead atoms. The molecule has 1 saturated carbocycles. The third kappa shape index (κ3) is 6.69. The molecule has 0 unspecified atom stereocenters. The molecule has 0 amide bonds. The molecule has 4 rings (SSSR count). The molecule has 2 aliphatic rings. The molecule has 2 aromatic rings. The minimum absolute atomic E-state index is 0.0949. The quantitative estimate of drug-likeness (QED) is 0.355. The minimum atomic E-state index is -4.48. The number of benzene rings is 2. The zero-order chi connectivity index (χ0) is 22.6. The van der Waals surface area contributed by atoms with Crippen molar-refractivity contribution in [3.05, 3.63) is 70.8 Å². The van der Waals surface area contributed by atoms with Crippen molar-refractivity contribution in [2.45, 2.75) is 56.4 Å². The number of rotatable bonds is 9. The second-order valence-electron chi connectivity index (χ2n) is 9.51. The van der Waals surface area contributed by atoms with Crippen molar-refractivity contribution in [2.24, 2.45) is 11.7 Å². The van der Waals surface area contributed by atoms with Crippen LogP contribution in [-0.4, -0.2) is 33.4 Å². The number of nitrogens with two attached hydrogens (primary N) is 1. The van der Waals surface area contributed by atoms with E-state index in [2.05, 4.69) is 60.3 Å². The zero-order valence-corrected chi connectivity index (χ0v) is 20.2. The molecule has 0 aromatic heterocycles. The Balaban J connectivity index is 1.26. The van der Waals surface area contributed by atoms with Crippen molar-refractivity contribution >= 4 is 19.6 Å². The number of fused-ring (bicyclic) bond motifs is 1. The van der Waals surface area contributed by atoms with E-state index in [0.29, 0.717) is 12.3 Å². The van der Waals surface area contributed by atoms with Crippen molar-refractivity contribution in [1.29, 1.82) is 0 Å². The van der Waals surface area contributed by atoms with E-state index in [9.17, 15) is 4.57 Å². The summed E-state index contributed by atoms with van der Waals surface area (Å²) in [5.41, 5.74) is 11.4. The monoisotopic (exact) mass is 475 g/mol. The van der Waals surface area contributed by atoms with Crippen molar-refractivity contribution in [2.75, 3.05) is 18.1 Å². The highest BCUT2D eigenvalue weighted by atomic mass is 32.2. The molecule has 2 aliphatic carbocycles. The number of hydrogen-bond acceptors (Lipinski definition) is 4. The van der Waals surface area contributed by atoms with Gasteiger partial charge in [0.2, 0.25) is 0 Å². The van der Waals surface area contributed by atoms with Gasteiger partial charge in [0.25, 0.3) is 0 Å². The Morgan fingerprint density at radius 2 is 1.94 bits per heavy atom. The third-order valence-corrected chi connectivity index (χ3v) is 8.59. The molecule has 0 radical (unpaired) electrons. The van der Waals surface area contributed by atoms with Gasteiger partial charge in [0.05, 0.1) is 6.61 Å². The molecule has 32 heavy (non-hydrogen) atoms. The molecule has 174 valence electrons. The molecule has 0 heterocycles. The normalized spacial score (nSPS) is 25.6. The molecular formula is C25H34NO4PS. The van der Waals surface area contributed by atoms with Gasteiger partial charge < -0.3 is 15.5 Å². The van der Waals surface area contributed by atoms with E-state index in [-0.39, 0.29) is 6.61 Å². The van der Waals surface area contributed by atoms with Crippen LogP contribution in [0.5, 0.6) is 0 Å². The van der Waals surface area contributed by atoms with Gasteiger partial charge in [-0.1, -0.05) is 48.5 Å². The smallest absolute Gasteiger partial charge is 0.323 e. The Kier molecular flexibility index (Phi) is 7.81. The van der Waals surface area contributed by atoms with Crippen LogP contribution in [0.4, 0.5) is 0 Å². The molecule has 0 saturated heterocycles. The average Bonchev–Trinajstić information content (AvgIpc) is 3.18. The molecular weight excluding hydrogens is 441 g/mol. The highest BCUT2D eigenvalue weighted by Gasteiger charge is 2.38. The molecule has 5 nitrogen and oxygen atoms in total. The van der Waals surface area contributed by atoms with Crippen LogP contribution in [0, 0.1) is 5.92 Å². The zero-order valence-electron chi connectivity index (χ0n) is 18.5. The van der Waals surface area contributed by atoms with Crippen molar-refractivity contribution in [3.8, 4) is 0 Å². The van der Waals surface area contributed by atoms with Crippen molar-refractivity contribution in [1.82, 2.24) is 0 Å². The van der Waals surface area contributed by atoms with Crippen LogP contribution >= 0.6 is 19.6 Å². The van der Waals surface area contributed by atoms with E-state index in [4.69, 9.17) is 20.0 Å². The summed E-state index contributed by atoms with van der Waals surface area (Å²) >= 11 is 2.08. The fourth-order valence-electron chi connectivity index (χ4n) is 5.12. The van der Waals surface area contributed by atoms with Crippen LogP contribution in [0.2, 0.25) is 0 Å². The number of phosphoric ester groups is 1. The maximum atomic E-state index is 11.0. The highest BCUT2D eigenvalue weighted by Crippen LogP contribution is 2.44. The SMILES string of the molecule is N[C@]1(COP(=O)(O)O)CC[C@H](c2ccc3c(c2)CC[C@H](CSCCc2ccccc2)C3)C1. The number of hydrogen-bond donors (Lipinski definition) is 3. The Bertz CT molecular complexity index is 950. The Labute approximate surface area is 195 Å². The molecule has 0 aliphatic heterocycles. The lowest BCUT2D eigenvalue weighted by molar-refractivity contribution is 0.153. The summed E-state index contributed by atoms with van der Waals surface area (Å²) in [5, 5.41) is 0. The number of phosphoric acid groups is 1. The summed E-state index contributed by atoms with van der Waals surface area (Å²) < 4.78 is 15.7. The topological polar surface area (TPSA) is 92.8 Å². The van der Waals surface area contributed by atoms with E-state index < -0.39 is 13.4 Å². The summed E-state index contributed by atoms with van der Waals surface area (Å²) in [5.74, 6) is 3.49. The predicted octanol–water partition coefficient (Wildman–Crippen LogP) is 4.84. The van der Waals surface area contributed by atoms with E-state index in [1.807, 2.05) is 0 Å². The molecule has 0 spiro atoms. The molecule has 7 heteroatoms. The van der Waals surface area contributed by atoms with Gasteiger partial charge in [-0.15, -0.1) is 0 Å². The van der Waals surface area contributed by atoms with Gasteiger partial charge in [-0.2, -0.15) is 11.8 Å². The number of thioether (sulfide) groups is 1. The second-order valence-corrected chi connectivity index (χ2v) is 11.9. The first-order valence-electron chi connectivity index (χ1n) is 11.5. The largest absolute Gasteiger partial charge is 0.469 e. The fourth-order valence-corrected chi connectivity index (χ4v) is 6.71. The summed E-state index contributed by atoms with van der Waals surface area (Å²) in [6.45, 7) is -0.0949. The molecule has 2 aromatic carbocycles. The summed E-state index contributed by atoms with van der Waals surface area (Å²) in [6.07, 6.45) is 7.03. The first-order chi connectivity index (χ1) is 15.3. The Hall–Kier alpha value is -1.14. The van der Waals surface area contributed by atoms with Gasteiger partial charge in [-0.05, 0) is 90.5 Å². The minimum Gasteiger partial charge on any atom is -0.323 e. The predicted molar refractivity (Wildman–Crippen MR) is 131 cm³/mol. The molecule has 4 N–H and O–H groups in total. The van der Waals surface area contributed by atoms with Crippen LogP contribution in [-0.2, 0) is 28.4 Å². The van der Waals surface area contributed by atoms with Gasteiger partial charge in [0.1, 0.15) is 0 Å². The summed E-state index contributed by atoms with van der Waals surface area (Å²) in [7, 11) is -4.48. The molecule has 3 atom stereocenters. The van der Waals surface area contributed by atoms with Crippen LogP contribution in [0.25, 0.3) is 0 Å². The Morgan fingerprint density at radius 3 is 2.72 bits per heavy atom. The fraction of sp³-hybridized carbons (Fsp3) is 0.520. The maximum Gasteiger partial charge on any atom is 0.469 e. The third-order valence-electron chi connectivity index (χ3n) is 6.93. The van der Waals surface area contributed by atoms with Crippen LogP contribution in [0.3, 0.4) is 0 Å². The van der Waals surface area contributed by atoms with E-state index in [0.717, 1.165) is 38.0 Å². The van der Waals surface area contributed by atoms with Crippen LogP contribution < -0.4 is 5.73 Å². The summed E-state index contributed by atoms with van der Waals surface area (Å²) in [4.78, 5) is 18.0. The van der Waals surface area contributed by atoms with E-state index in [1.54, 1.807) is 0 Å². The lowest BCUT2D eigenvalue weighted by atomic mass is 9.82. The Morgan fingerprint density at radius 1 is 1.12 bits per heavy atom. The first kappa shape index (κ1) is 24.0. The number of aryl methyl sites for hydroxylation is 2. The van der Waals surface area contributed by atoms with Crippen molar-refractivity contribution in [3.63, 3.8) is 0 Å². The van der Waals surface area contributed by atoms with Gasteiger partial charge in [0, 0.05) is 5.54 Å². The van der Waals surface area contributed by atoms with Gasteiger partial charge in [-0.3, -0.25) is 4.52 Å². The van der Waals surface area contributed by atoms with E-state index in [1.165, 1.54) is 40.2 Å². The maximum absolute atomic E-state index is 11.0. The van der Waals surface area contributed by atoms with E-state index >= 15 is 0 Å². The summed E-state index contributed by atoms with van der Waals surface area (Å²) in [6, 6.07) is 17.6. The lowest BCUT2D eigenvalue weighted by Crippen LogP contribution is -2.41.